The molecule has 9 heteroatoms. The normalized spacial score (nSPS) is 10.9. The number of amides is 1. The highest BCUT2D eigenvalue weighted by atomic mass is 35.5. The summed E-state index contributed by atoms with van der Waals surface area (Å²) in [5, 5.41) is 10.00. The molecule has 0 radical (unpaired) electrons. The first kappa shape index (κ1) is 21.2. The Morgan fingerprint density at radius 1 is 1.44 bits per heavy atom. The fraction of sp³-hybridized carbons (Fsp3) is 0.500. The predicted octanol–water partition coefficient (Wildman–Crippen LogP) is 3.98. The maximum absolute atomic E-state index is 12.5. The number of rotatable bonds is 9. The Hall–Kier alpha value is -2.06. The lowest BCUT2D eigenvalue weighted by atomic mass is 10.1. The lowest BCUT2D eigenvalue weighted by Crippen LogP contribution is -2.25. The number of hydrogen-bond acceptors (Lipinski definition) is 5. The van der Waals surface area contributed by atoms with Crippen LogP contribution in [0.3, 0.4) is 0 Å². The molecule has 0 fully saturated rings. The summed E-state index contributed by atoms with van der Waals surface area (Å²) in [5.74, 6) is 1.75. The average Bonchev–Trinajstić information content (AvgIpc) is 2.99. The van der Waals surface area contributed by atoms with Crippen molar-refractivity contribution in [2.45, 2.75) is 40.3 Å². The molecule has 7 nitrogen and oxygen atoms in total. The smallest absolute Gasteiger partial charge is 0.251 e. The molecule has 1 aromatic heterocycles. The monoisotopic (exact) mass is 412 g/mol. The van der Waals surface area contributed by atoms with E-state index in [0.717, 1.165) is 6.42 Å². The average molecular weight is 413 g/mol. The van der Waals surface area contributed by atoms with Crippen molar-refractivity contribution in [2.24, 2.45) is 5.92 Å². The molecule has 1 amide bonds. The van der Waals surface area contributed by atoms with Crippen molar-refractivity contribution in [1.82, 2.24) is 20.1 Å². The number of nitrogens with one attached hydrogen (secondary N) is 2. The van der Waals surface area contributed by atoms with Crippen molar-refractivity contribution in [3.8, 4) is 11.5 Å². The molecule has 0 saturated heterocycles. The number of aromatic nitrogens is 3. The molecule has 27 heavy (non-hydrogen) atoms. The zero-order chi connectivity index (χ0) is 20.0. The number of halogens is 1. The van der Waals surface area contributed by atoms with Gasteiger partial charge in [0.25, 0.3) is 5.91 Å². The molecule has 0 atom stereocenters. The van der Waals surface area contributed by atoms with E-state index < -0.39 is 0 Å². The maximum atomic E-state index is 12.5. The van der Waals surface area contributed by atoms with Crippen molar-refractivity contribution in [2.75, 3.05) is 13.7 Å². The highest BCUT2D eigenvalue weighted by Crippen LogP contribution is 2.36. The van der Waals surface area contributed by atoms with E-state index in [1.165, 1.54) is 7.11 Å². The first-order valence-corrected chi connectivity index (χ1v) is 9.58. The Bertz CT molecular complexity index is 848. The molecular weight excluding hydrogens is 388 g/mol. The van der Waals surface area contributed by atoms with Crippen LogP contribution in [0.4, 0.5) is 0 Å². The van der Waals surface area contributed by atoms with E-state index in [-0.39, 0.29) is 12.5 Å². The maximum Gasteiger partial charge on any atom is 0.251 e. The second-order valence-corrected chi connectivity index (χ2v) is 7.19. The number of benzene rings is 1. The van der Waals surface area contributed by atoms with Gasteiger partial charge in [-0.3, -0.25) is 9.89 Å². The predicted molar refractivity (Wildman–Crippen MR) is 107 cm³/mol. The number of H-pyrrole nitrogens is 1. The fourth-order valence-electron chi connectivity index (χ4n) is 2.46. The van der Waals surface area contributed by atoms with Gasteiger partial charge in [0.15, 0.2) is 22.1 Å². The molecule has 1 aromatic carbocycles. The third kappa shape index (κ3) is 5.46. The molecule has 2 aromatic rings. The van der Waals surface area contributed by atoms with Crippen LogP contribution in [0.25, 0.3) is 0 Å². The van der Waals surface area contributed by atoms with Crippen molar-refractivity contribution >= 4 is 29.7 Å². The number of carbonyl (C=O) groups excluding carboxylic acids is 1. The number of carbonyl (C=O) groups is 1. The summed E-state index contributed by atoms with van der Waals surface area (Å²) in [7, 11) is 1.52. The van der Waals surface area contributed by atoms with Crippen LogP contribution in [0, 0.1) is 10.7 Å². The summed E-state index contributed by atoms with van der Waals surface area (Å²) in [6, 6.07) is 3.18. The summed E-state index contributed by atoms with van der Waals surface area (Å²) in [6.45, 7) is 7.63. The van der Waals surface area contributed by atoms with Crippen molar-refractivity contribution in [1.29, 1.82) is 0 Å². The van der Waals surface area contributed by atoms with Gasteiger partial charge in [0.2, 0.25) is 0 Å². The number of nitrogens with zero attached hydrogens (tertiary/aromatic N) is 2. The van der Waals surface area contributed by atoms with E-state index in [0.29, 0.717) is 51.8 Å². The van der Waals surface area contributed by atoms with Gasteiger partial charge in [0.05, 0.1) is 25.3 Å². The summed E-state index contributed by atoms with van der Waals surface area (Å²) >= 11 is 11.5. The SMILES string of the molecule is CCn1c(CNC(=O)c2cc(Cl)c(OCCC(C)C)c(OC)c2)n[nH]c1=S. The molecule has 148 valence electrons. The molecule has 0 unspecified atom stereocenters. The third-order valence-corrected chi connectivity index (χ3v) is 4.59. The molecule has 0 bridgehead atoms. The molecule has 0 aliphatic heterocycles. The lowest BCUT2D eigenvalue weighted by Gasteiger charge is -2.15. The minimum absolute atomic E-state index is 0.242. The van der Waals surface area contributed by atoms with Crippen LogP contribution in [0.15, 0.2) is 12.1 Å². The van der Waals surface area contributed by atoms with E-state index >= 15 is 0 Å². The summed E-state index contributed by atoms with van der Waals surface area (Å²) in [5.41, 5.74) is 0.380. The van der Waals surface area contributed by atoms with Crippen LogP contribution in [-0.2, 0) is 13.1 Å². The van der Waals surface area contributed by atoms with Crippen LogP contribution >= 0.6 is 23.8 Å². The van der Waals surface area contributed by atoms with Gasteiger partial charge in [-0.15, -0.1) is 0 Å². The van der Waals surface area contributed by atoms with Gasteiger partial charge >= 0.3 is 0 Å². The van der Waals surface area contributed by atoms with Gasteiger partial charge in [0.1, 0.15) is 0 Å². The van der Waals surface area contributed by atoms with Crippen molar-refractivity contribution < 1.29 is 14.3 Å². The second kappa shape index (κ2) is 9.75. The molecular formula is C18H25ClN4O3S. The summed E-state index contributed by atoms with van der Waals surface area (Å²) in [4.78, 5) is 12.5. The Labute approximate surface area is 169 Å². The Kier molecular flexibility index (Phi) is 7.67. The number of aromatic amines is 1. The van der Waals surface area contributed by atoms with E-state index in [2.05, 4.69) is 29.4 Å². The van der Waals surface area contributed by atoms with Crippen LogP contribution in [0.1, 0.15) is 43.4 Å². The van der Waals surface area contributed by atoms with E-state index in [9.17, 15) is 4.79 Å². The van der Waals surface area contributed by atoms with Crippen LogP contribution in [-0.4, -0.2) is 34.4 Å². The summed E-state index contributed by atoms with van der Waals surface area (Å²) < 4.78 is 13.4. The third-order valence-electron chi connectivity index (χ3n) is 3.99. The lowest BCUT2D eigenvalue weighted by molar-refractivity contribution is 0.0949. The van der Waals surface area contributed by atoms with Gasteiger partial charge < -0.3 is 19.4 Å². The highest BCUT2D eigenvalue weighted by Gasteiger charge is 2.17. The van der Waals surface area contributed by atoms with Crippen LogP contribution in [0.2, 0.25) is 5.02 Å². The summed E-state index contributed by atoms with van der Waals surface area (Å²) in [6.07, 6.45) is 0.896. The zero-order valence-electron chi connectivity index (χ0n) is 16.0. The van der Waals surface area contributed by atoms with Crippen molar-refractivity contribution in [3.05, 3.63) is 33.3 Å². The quantitative estimate of drug-likeness (QED) is 0.609. The minimum Gasteiger partial charge on any atom is -0.493 e. The standard InChI is InChI=1S/C18H25ClN4O3S/c1-5-23-15(21-22-18(23)27)10-20-17(24)12-8-13(19)16(14(9-12)25-4)26-7-6-11(2)3/h8-9,11H,5-7,10H2,1-4H3,(H,20,24)(H,22,27). The zero-order valence-corrected chi connectivity index (χ0v) is 17.5. The van der Waals surface area contributed by atoms with E-state index in [4.69, 9.17) is 33.3 Å². The van der Waals surface area contributed by atoms with Crippen molar-refractivity contribution in [3.63, 3.8) is 0 Å². The van der Waals surface area contributed by atoms with Gasteiger partial charge in [-0.1, -0.05) is 25.4 Å². The molecule has 2 rings (SSSR count). The number of hydrogen-bond donors (Lipinski definition) is 2. The Morgan fingerprint density at radius 3 is 2.81 bits per heavy atom. The molecule has 0 spiro atoms. The number of ether oxygens (including phenoxy) is 2. The highest BCUT2D eigenvalue weighted by molar-refractivity contribution is 7.71. The van der Waals surface area contributed by atoms with Crippen LogP contribution < -0.4 is 14.8 Å². The first-order valence-electron chi connectivity index (χ1n) is 8.79. The number of methoxy groups -OCH3 is 1. The van der Waals surface area contributed by atoms with Gasteiger partial charge in [-0.05, 0) is 43.6 Å². The Morgan fingerprint density at radius 2 is 2.19 bits per heavy atom. The Balaban J connectivity index is 2.11. The van der Waals surface area contributed by atoms with Gasteiger partial charge in [-0.2, -0.15) is 5.10 Å². The fourth-order valence-corrected chi connectivity index (χ4v) is 3.01. The molecule has 0 aliphatic carbocycles. The van der Waals surface area contributed by atoms with Crippen LogP contribution in [0.5, 0.6) is 11.5 Å². The van der Waals surface area contributed by atoms with E-state index in [1.54, 1.807) is 12.1 Å². The van der Waals surface area contributed by atoms with Gasteiger partial charge in [0, 0.05) is 12.1 Å². The first-order chi connectivity index (χ1) is 12.9. The molecule has 0 aliphatic rings. The molecule has 0 saturated carbocycles. The molecule has 2 N–H and O–H groups in total. The van der Waals surface area contributed by atoms with E-state index in [1.807, 2.05) is 11.5 Å². The second-order valence-electron chi connectivity index (χ2n) is 6.39. The van der Waals surface area contributed by atoms with Gasteiger partial charge in [-0.25, -0.2) is 0 Å². The largest absolute Gasteiger partial charge is 0.493 e. The minimum atomic E-state index is -0.291. The molecule has 1 heterocycles. The topological polar surface area (TPSA) is 81.2 Å².